The molecule has 0 bridgehead atoms. The van der Waals surface area contributed by atoms with Gasteiger partial charge in [-0.05, 0) is 56.9 Å². The summed E-state index contributed by atoms with van der Waals surface area (Å²) in [6.07, 6.45) is 0.0931. The summed E-state index contributed by atoms with van der Waals surface area (Å²) in [7, 11) is 0. The molecule has 3 rings (SSSR count). The zero-order valence-corrected chi connectivity index (χ0v) is 21.5. The van der Waals surface area contributed by atoms with Crippen molar-refractivity contribution in [1.29, 1.82) is 0 Å². The summed E-state index contributed by atoms with van der Waals surface area (Å²) in [6, 6.07) is 16.2. The van der Waals surface area contributed by atoms with Crippen LogP contribution in [-0.4, -0.2) is 42.5 Å². The van der Waals surface area contributed by atoms with Crippen LogP contribution in [0.3, 0.4) is 0 Å². The number of ether oxygens (including phenoxy) is 3. The Morgan fingerprint density at radius 2 is 1.53 bits per heavy atom. The first-order chi connectivity index (χ1) is 15.6. The van der Waals surface area contributed by atoms with E-state index in [-0.39, 0.29) is 32.6 Å². The van der Waals surface area contributed by atoms with Gasteiger partial charge in [0, 0.05) is 5.92 Å². The molecule has 0 fully saturated rings. The van der Waals surface area contributed by atoms with Gasteiger partial charge in [-0.3, -0.25) is 0 Å². The van der Waals surface area contributed by atoms with E-state index in [2.05, 4.69) is 36.2 Å². The van der Waals surface area contributed by atoms with Crippen LogP contribution in [0.1, 0.15) is 51.7 Å². The first-order valence-corrected chi connectivity index (χ1v) is 11.2. The van der Waals surface area contributed by atoms with E-state index in [1.54, 1.807) is 13.8 Å². The van der Waals surface area contributed by atoms with Gasteiger partial charge in [0.2, 0.25) is 0 Å². The van der Waals surface area contributed by atoms with Crippen LogP contribution in [-0.2, 0) is 19.0 Å². The maximum atomic E-state index is 12.9. The molecule has 0 radical (unpaired) electrons. The molecule has 1 aliphatic rings. The summed E-state index contributed by atoms with van der Waals surface area (Å²) in [5.41, 5.74) is 2.55. The fourth-order valence-corrected chi connectivity index (χ4v) is 4.10. The number of rotatable bonds is 8. The number of fused-ring (bicyclic) bond motifs is 3. The van der Waals surface area contributed by atoms with Gasteiger partial charge in [0.05, 0.1) is 11.7 Å². The molecule has 2 atom stereocenters. The van der Waals surface area contributed by atoms with E-state index in [1.165, 1.54) is 6.08 Å². The maximum Gasteiger partial charge on any atom is 0.408 e. The molecule has 0 saturated carbocycles. The van der Waals surface area contributed by atoms with Crippen molar-refractivity contribution < 1.29 is 23.8 Å². The normalized spacial score (nSPS) is 15.1. The minimum Gasteiger partial charge on any atom is -0.460 e. The lowest BCUT2D eigenvalue weighted by molar-refractivity contribution is -0.161. The number of carbonyl (C=O) groups excluding carboxylic acids is 2. The molecule has 1 N–H and O–H groups in total. The molecule has 1 aliphatic carbocycles. The van der Waals surface area contributed by atoms with Crippen molar-refractivity contribution >= 4 is 25.6 Å². The number of esters is 1. The molecule has 7 heteroatoms. The molecule has 0 unspecified atom stereocenters. The molecule has 0 heterocycles. The highest BCUT2D eigenvalue weighted by Crippen LogP contribution is 2.44. The second-order valence-electron chi connectivity index (χ2n) is 9.41. The molecule has 34 heavy (non-hydrogen) atoms. The monoisotopic (exact) mass is 485 g/mol. The van der Waals surface area contributed by atoms with Gasteiger partial charge in [-0.2, -0.15) is 13.5 Å². The molecule has 0 aromatic heterocycles. The van der Waals surface area contributed by atoms with Crippen LogP contribution in [0.5, 0.6) is 0 Å². The van der Waals surface area contributed by atoms with Crippen LogP contribution in [0.25, 0.3) is 11.1 Å². The van der Waals surface area contributed by atoms with Crippen LogP contribution in [0.15, 0.2) is 61.2 Å². The highest BCUT2D eigenvalue weighted by Gasteiger charge is 2.45. The maximum absolute atomic E-state index is 12.9. The van der Waals surface area contributed by atoms with Gasteiger partial charge in [-0.15, -0.1) is 0 Å². The van der Waals surface area contributed by atoms with Gasteiger partial charge >= 0.3 is 12.1 Å². The molecule has 184 valence electrons. The molecule has 0 saturated heterocycles. The number of hydrogen-bond acceptors (Lipinski definition) is 5. The zero-order valence-electron chi connectivity index (χ0n) is 20.5. The van der Waals surface area contributed by atoms with Crippen LogP contribution in [0, 0.1) is 0 Å². The van der Waals surface area contributed by atoms with Gasteiger partial charge in [0.1, 0.15) is 13.2 Å². The predicted octanol–water partition coefficient (Wildman–Crippen LogP) is 5.33. The largest absolute Gasteiger partial charge is 0.460 e. The van der Waals surface area contributed by atoms with Crippen molar-refractivity contribution in [2.24, 2.45) is 0 Å². The minimum atomic E-state index is -1.45. The summed E-state index contributed by atoms with van der Waals surface area (Å²) in [5, 5.41) is 2.70. The summed E-state index contributed by atoms with van der Waals surface area (Å²) in [4.78, 5) is 25.7. The van der Waals surface area contributed by atoms with E-state index in [0.717, 1.165) is 22.3 Å². The van der Waals surface area contributed by atoms with Crippen LogP contribution in [0.4, 0.5) is 4.79 Å². The lowest BCUT2D eigenvalue weighted by Crippen LogP contribution is -2.61. The van der Waals surface area contributed by atoms with Crippen molar-refractivity contribution in [3.8, 4) is 11.1 Å². The fourth-order valence-electron chi connectivity index (χ4n) is 4.10. The molecule has 0 spiro atoms. The Hall–Kier alpha value is -2.77. The molecule has 6 nitrogen and oxygen atoms in total. The smallest absolute Gasteiger partial charge is 0.408 e. The Kier molecular flexibility index (Phi) is 8.97. The third-order valence-corrected chi connectivity index (χ3v) is 5.81. The number of carbonyl (C=O) groups is 2. The van der Waals surface area contributed by atoms with Crippen molar-refractivity contribution in [3.63, 3.8) is 0 Å². The number of hydrogen-bond donors (Lipinski definition) is 1. The second-order valence-corrected chi connectivity index (χ2v) is 9.41. The van der Waals surface area contributed by atoms with E-state index in [4.69, 9.17) is 14.2 Å². The Labute approximate surface area is 209 Å². The van der Waals surface area contributed by atoms with Crippen molar-refractivity contribution in [2.75, 3.05) is 13.2 Å². The van der Waals surface area contributed by atoms with Gasteiger partial charge in [-0.25, -0.2) is 9.59 Å². The van der Waals surface area contributed by atoms with Crippen molar-refractivity contribution in [3.05, 3.63) is 72.3 Å². The SMILES string of the molecule is C=CCOC(=O)[C@@](C)(NC(=O)OCC1c2ccccc2-c2ccccc21)[C@H](C)OC(C)(C)C.S. The van der Waals surface area contributed by atoms with E-state index >= 15 is 0 Å². The molecule has 2 aromatic carbocycles. The van der Waals surface area contributed by atoms with Crippen LogP contribution < -0.4 is 5.32 Å². The molecule has 0 aliphatic heterocycles. The van der Waals surface area contributed by atoms with E-state index in [1.807, 2.05) is 45.0 Å². The predicted molar refractivity (Wildman–Crippen MR) is 138 cm³/mol. The topological polar surface area (TPSA) is 73.9 Å². The lowest BCUT2D eigenvalue weighted by atomic mass is 9.95. The summed E-state index contributed by atoms with van der Waals surface area (Å²) in [5.74, 6) is -0.696. The van der Waals surface area contributed by atoms with Crippen LogP contribution in [0.2, 0.25) is 0 Å². The van der Waals surface area contributed by atoms with Crippen LogP contribution >= 0.6 is 13.5 Å². The van der Waals surface area contributed by atoms with E-state index in [0.29, 0.717) is 0 Å². The Bertz CT molecular complexity index is 986. The lowest BCUT2D eigenvalue weighted by Gasteiger charge is -2.37. The fraction of sp³-hybridized carbons (Fsp3) is 0.407. The summed E-state index contributed by atoms with van der Waals surface area (Å²) in [6.45, 7) is 12.7. The molecule has 1 amide bonds. The molecular weight excluding hydrogens is 450 g/mol. The van der Waals surface area contributed by atoms with Crippen molar-refractivity contribution in [1.82, 2.24) is 5.32 Å². The second kappa shape index (κ2) is 11.1. The third-order valence-electron chi connectivity index (χ3n) is 5.81. The minimum absolute atomic E-state index is 0. The van der Waals surface area contributed by atoms with E-state index < -0.39 is 29.3 Å². The standard InChI is InChI=1S/C27H33NO5.H2S/c1-7-16-31-24(29)27(6,18(2)33-26(3,4)5)28-25(30)32-17-23-21-14-10-8-12-19(21)20-13-9-11-15-22(20)23;/h7-15,18,23H,1,16-17H2,2-6H3,(H,28,30);1H2/t18-,27-;/m0./s1. The van der Waals surface area contributed by atoms with Gasteiger partial charge in [0.25, 0.3) is 0 Å². The molecule has 2 aromatic rings. The summed E-state index contributed by atoms with van der Waals surface area (Å²) >= 11 is 0. The Morgan fingerprint density at radius 1 is 1.00 bits per heavy atom. The van der Waals surface area contributed by atoms with Gasteiger partial charge in [-0.1, -0.05) is 61.2 Å². The third kappa shape index (κ3) is 6.02. The van der Waals surface area contributed by atoms with Gasteiger partial charge < -0.3 is 19.5 Å². The Morgan fingerprint density at radius 3 is 2.03 bits per heavy atom. The number of nitrogens with one attached hydrogen (secondary N) is 1. The number of amides is 1. The average molecular weight is 486 g/mol. The summed E-state index contributed by atoms with van der Waals surface area (Å²) < 4.78 is 16.9. The highest BCUT2D eigenvalue weighted by molar-refractivity contribution is 7.59. The van der Waals surface area contributed by atoms with E-state index in [9.17, 15) is 9.59 Å². The quantitative estimate of drug-likeness (QED) is 0.404. The van der Waals surface area contributed by atoms with Gasteiger partial charge in [0.15, 0.2) is 5.54 Å². The Balaban J connectivity index is 0.00000408. The number of benzene rings is 2. The first-order valence-electron chi connectivity index (χ1n) is 11.2. The van der Waals surface area contributed by atoms with Crippen molar-refractivity contribution in [2.45, 2.75) is 57.8 Å². The average Bonchev–Trinajstić information content (AvgIpc) is 3.08. The first kappa shape index (κ1) is 27.5. The zero-order chi connectivity index (χ0) is 24.2. The highest BCUT2D eigenvalue weighted by atomic mass is 32.1. The molecular formula is C27H35NO5S. The number of alkyl carbamates (subject to hydrolysis) is 1.